The van der Waals surface area contributed by atoms with Crippen LogP contribution in [0.4, 0.5) is 5.82 Å². The highest BCUT2D eigenvalue weighted by Crippen LogP contribution is 2.26. The van der Waals surface area contributed by atoms with Crippen molar-refractivity contribution in [2.24, 2.45) is 0 Å². The number of nitrogens with one attached hydrogen (secondary N) is 2. The minimum Gasteiger partial charge on any atom is -0.368 e. The van der Waals surface area contributed by atoms with E-state index >= 15 is 0 Å². The molecule has 1 saturated heterocycles. The van der Waals surface area contributed by atoms with Crippen molar-refractivity contribution in [1.29, 1.82) is 0 Å². The van der Waals surface area contributed by atoms with E-state index in [9.17, 15) is 0 Å². The van der Waals surface area contributed by atoms with E-state index in [-0.39, 0.29) is 0 Å². The topological polar surface area (TPSA) is 56.8 Å². The normalized spacial score (nSPS) is 18.5. The highest BCUT2D eigenvalue weighted by atomic mass is 15.2. The number of aromatic nitrogens is 3. The lowest BCUT2D eigenvalue weighted by molar-refractivity contribution is 0.348. The number of anilines is 1. The Morgan fingerprint density at radius 2 is 2.09 bits per heavy atom. The van der Waals surface area contributed by atoms with Crippen LogP contribution in [0.3, 0.4) is 0 Å². The van der Waals surface area contributed by atoms with Crippen molar-refractivity contribution >= 4 is 16.9 Å². The molecule has 118 valence electrons. The molecule has 0 radical (unpaired) electrons. The first-order valence-electron chi connectivity index (χ1n) is 8.19. The molecule has 3 aromatic rings. The van der Waals surface area contributed by atoms with Crippen LogP contribution >= 0.6 is 0 Å². The molecule has 1 atom stereocenters. The molecule has 0 bridgehead atoms. The second-order valence-electron chi connectivity index (χ2n) is 6.09. The number of benzene rings is 1. The van der Waals surface area contributed by atoms with Gasteiger partial charge in [0.15, 0.2) is 0 Å². The molecule has 3 heterocycles. The van der Waals surface area contributed by atoms with Gasteiger partial charge in [0.05, 0.1) is 5.39 Å². The van der Waals surface area contributed by atoms with E-state index in [1.807, 2.05) is 12.3 Å². The predicted molar refractivity (Wildman–Crippen MR) is 92.6 cm³/mol. The summed E-state index contributed by atoms with van der Waals surface area (Å²) in [6.07, 6.45) is 4.75. The molecule has 4 rings (SSSR count). The van der Waals surface area contributed by atoms with Gasteiger partial charge in [0.25, 0.3) is 0 Å². The molecule has 1 fully saturated rings. The molecule has 0 spiro atoms. The Morgan fingerprint density at radius 1 is 1.17 bits per heavy atom. The first-order valence-corrected chi connectivity index (χ1v) is 8.19. The van der Waals surface area contributed by atoms with Crippen molar-refractivity contribution < 1.29 is 0 Å². The summed E-state index contributed by atoms with van der Waals surface area (Å²) in [6, 6.07) is 12.9. The molecule has 2 aromatic heterocycles. The van der Waals surface area contributed by atoms with Crippen molar-refractivity contribution in [2.75, 3.05) is 31.5 Å². The summed E-state index contributed by atoms with van der Waals surface area (Å²) in [5.41, 5.74) is 2.35. The zero-order valence-electron chi connectivity index (χ0n) is 13.1. The molecule has 0 saturated carbocycles. The van der Waals surface area contributed by atoms with E-state index < -0.39 is 0 Å². The number of likely N-dealkylation sites (tertiary alicyclic amines) is 1. The molecular formula is C18H21N5. The van der Waals surface area contributed by atoms with Crippen molar-refractivity contribution in [3.63, 3.8) is 0 Å². The van der Waals surface area contributed by atoms with Crippen LogP contribution in [0.2, 0.25) is 0 Å². The van der Waals surface area contributed by atoms with Gasteiger partial charge >= 0.3 is 0 Å². The average Bonchev–Trinajstić information content (AvgIpc) is 3.25. The van der Waals surface area contributed by atoms with Gasteiger partial charge in [-0.2, -0.15) is 0 Å². The lowest BCUT2D eigenvalue weighted by Gasteiger charge is -2.17. The Morgan fingerprint density at radius 3 is 3.00 bits per heavy atom. The number of hydrogen-bond donors (Lipinski definition) is 2. The number of nitrogens with zero attached hydrogens (tertiary/aromatic N) is 3. The van der Waals surface area contributed by atoms with Crippen molar-refractivity contribution in [3.8, 4) is 0 Å². The fourth-order valence-electron chi connectivity index (χ4n) is 3.38. The van der Waals surface area contributed by atoms with Gasteiger partial charge in [-0.15, -0.1) is 0 Å². The number of fused-ring (bicyclic) bond motifs is 1. The van der Waals surface area contributed by atoms with E-state index in [1.165, 1.54) is 18.5 Å². The van der Waals surface area contributed by atoms with Crippen LogP contribution in [0.5, 0.6) is 0 Å². The SMILES string of the molecule is c1ccc(C2CCN(CCNc3ncnc4[nH]ccc34)C2)cc1. The quantitative estimate of drug-likeness (QED) is 0.761. The Kier molecular flexibility index (Phi) is 3.94. The van der Waals surface area contributed by atoms with Gasteiger partial charge in [-0.05, 0) is 30.5 Å². The van der Waals surface area contributed by atoms with E-state index in [2.05, 4.69) is 55.5 Å². The standard InChI is InChI=1S/C18H21N5/c1-2-4-14(5-3-1)15-7-10-23(12-15)11-9-20-18-16-6-8-19-17(16)21-13-22-18/h1-6,8,13,15H,7,9-12H2,(H2,19,20,21,22). The Labute approximate surface area is 135 Å². The Hall–Kier alpha value is -2.40. The van der Waals surface area contributed by atoms with Crippen molar-refractivity contribution in [1.82, 2.24) is 19.9 Å². The first kappa shape index (κ1) is 14.2. The van der Waals surface area contributed by atoms with Gasteiger partial charge in [0, 0.05) is 25.8 Å². The van der Waals surface area contributed by atoms with Crippen LogP contribution in [0.25, 0.3) is 11.0 Å². The van der Waals surface area contributed by atoms with Crippen LogP contribution in [0, 0.1) is 0 Å². The summed E-state index contributed by atoms with van der Waals surface area (Å²) in [7, 11) is 0. The van der Waals surface area contributed by atoms with Crippen LogP contribution in [-0.4, -0.2) is 46.0 Å². The van der Waals surface area contributed by atoms with Gasteiger partial charge in [-0.3, -0.25) is 0 Å². The third kappa shape index (κ3) is 3.05. The molecular weight excluding hydrogens is 286 g/mol. The summed E-state index contributed by atoms with van der Waals surface area (Å²) in [5.74, 6) is 1.58. The maximum Gasteiger partial charge on any atom is 0.142 e. The molecule has 2 N–H and O–H groups in total. The zero-order valence-corrected chi connectivity index (χ0v) is 13.1. The average molecular weight is 307 g/mol. The van der Waals surface area contributed by atoms with E-state index in [0.717, 1.165) is 36.5 Å². The summed E-state index contributed by atoms with van der Waals surface area (Å²) < 4.78 is 0. The first-order chi connectivity index (χ1) is 11.4. The van der Waals surface area contributed by atoms with Crippen LogP contribution < -0.4 is 5.32 Å². The number of rotatable bonds is 5. The van der Waals surface area contributed by atoms with Crippen LogP contribution in [-0.2, 0) is 0 Å². The summed E-state index contributed by atoms with van der Waals surface area (Å²) >= 11 is 0. The van der Waals surface area contributed by atoms with Crippen LogP contribution in [0.15, 0.2) is 48.9 Å². The Balaban J connectivity index is 1.31. The minimum atomic E-state index is 0.673. The Bertz CT molecular complexity index is 767. The number of hydrogen-bond acceptors (Lipinski definition) is 4. The predicted octanol–water partition coefficient (Wildman–Crippen LogP) is 2.86. The van der Waals surface area contributed by atoms with E-state index in [0.29, 0.717) is 5.92 Å². The van der Waals surface area contributed by atoms with E-state index in [4.69, 9.17) is 0 Å². The summed E-state index contributed by atoms with van der Waals surface area (Å²) in [4.78, 5) is 14.2. The van der Waals surface area contributed by atoms with Gasteiger partial charge in [0.2, 0.25) is 0 Å². The number of H-pyrrole nitrogens is 1. The molecule has 1 aromatic carbocycles. The van der Waals surface area contributed by atoms with E-state index in [1.54, 1.807) is 6.33 Å². The van der Waals surface area contributed by atoms with Crippen molar-refractivity contribution in [2.45, 2.75) is 12.3 Å². The summed E-state index contributed by atoms with van der Waals surface area (Å²) in [6.45, 7) is 4.26. The fraction of sp³-hybridized carbons (Fsp3) is 0.333. The smallest absolute Gasteiger partial charge is 0.142 e. The molecule has 0 aliphatic carbocycles. The minimum absolute atomic E-state index is 0.673. The molecule has 23 heavy (non-hydrogen) atoms. The van der Waals surface area contributed by atoms with Gasteiger partial charge < -0.3 is 15.2 Å². The van der Waals surface area contributed by atoms with Gasteiger partial charge in [0.1, 0.15) is 17.8 Å². The largest absolute Gasteiger partial charge is 0.368 e. The van der Waals surface area contributed by atoms with Gasteiger partial charge in [-0.1, -0.05) is 30.3 Å². The van der Waals surface area contributed by atoms with Crippen molar-refractivity contribution in [3.05, 3.63) is 54.5 Å². The lowest BCUT2D eigenvalue weighted by atomic mass is 9.99. The maximum absolute atomic E-state index is 4.35. The highest BCUT2D eigenvalue weighted by molar-refractivity contribution is 5.86. The molecule has 5 nitrogen and oxygen atoms in total. The summed E-state index contributed by atoms with van der Waals surface area (Å²) in [5, 5.41) is 4.49. The molecule has 1 unspecified atom stereocenters. The van der Waals surface area contributed by atoms with Gasteiger partial charge in [-0.25, -0.2) is 9.97 Å². The second-order valence-corrected chi connectivity index (χ2v) is 6.09. The fourth-order valence-corrected chi connectivity index (χ4v) is 3.38. The molecule has 5 heteroatoms. The number of aromatic amines is 1. The third-order valence-electron chi connectivity index (χ3n) is 4.62. The maximum atomic E-state index is 4.35. The third-order valence-corrected chi connectivity index (χ3v) is 4.62. The van der Waals surface area contributed by atoms with Crippen LogP contribution in [0.1, 0.15) is 17.9 Å². The zero-order chi connectivity index (χ0) is 15.5. The molecule has 1 aliphatic rings. The molecule has 1 aliphatic heterocycles. The highest BCUT2D eigenvalue weighted by Gasteiger charge is 2.23. The lowest BCUT2D eigenvalue weighted by Crippen LogP contribution is -2.27. The second kappa shape index (κ2) is 6.38. The monoisotopic (exact) mass is 307 g/mol. The molecule has 0 amide bonds.